The smallest absolute Gasteiger partial charge is 0.257 e. The van der Waals surface area contributed by atoms with E-state index >= 15 is 0 Å². The molecule has 0 bridgehead atoms. The van der Waals surface area contributed by atoms with Crippen LogP contribution in [0.4, 0.5) is 0 Å². The average Bonchev–Trinajstić information content (AvgIpc) is 2.98. The van der Waals surface area contributed by atoms with Crippen molar-refractivity contribution in [1.29, 1.82) is 0 Å². The molecule has 4 heteroatoms. The van der Waals surface area contributed by atoms with Gasteiger partial charge in [-0.05, 0) is 48.3 Å². The fraction of sp³-hybridized carbons (Fsp3) is 0.222. The molecule has 1 aliphatic carbocycles. The predicted octanol–water partition coefficient (Wildman–Crippen LogP) is 2.80. The van der Waals surface area contributed by atoms with E-state index in [1.54, 1.807) is 12.1 Å². The Morgan fingerprint density at radius 2 is 1.59 bits per heavy atom. The number of nitrogens with one attached hydrogen (secondary N) is 1. The zero-order valence-electron chi connectivity index (χ0n) is 12.5. The number of amides is 1. The summed E-state index contributed by atoms with van der Waals surface area (Å²) in [4.78, 5) is 14.2. The number of hydrogen-bond donors (Lipinski definition) is 1. The SMILES string of the molecule is CN(C(=S)NC(=O)c1ccccc1)C1Cc2ccccc2C1. The molecule has 0 aliphatic heterocycles. The van der Waals surface area contributed by atoms with Crippen molar-refractivity contribution in [3.05, 3.63) is 71.3 Å². The summed E-state index contributed by atoms with van der Waals surface area (Å²) in [6.07, 6.45) is 1.93. The molecule has 0 heterocycles. The maximum Gasteiger partial charge on any atom is 0.257 e. The van der Waals surface area contributed by atoms with Crippen LogP contribution in [0.2, 0.25) is 0 Å². The van der Waals surface area contributed by atoms with Gasteiger partial charge in [-0.1, -0.05) is 42.5 Å². The molecular formula is C18H18N2OS. The maximum absolute atomic E-state index is 12.2. The number of likely N-dealkylation sites (N-methyl/N-ethyl adjacent to an activating group) is 1. The summed E-state index contributed by atoms with van der Waals surface area (Å²) in [7, 11) is 1.95. The van der Waals surface area contributed by atoms with Crippen molar-refractivity contribution in [2.24, 2.45) is 0 Å². The van der Waals surface area contributed by atoms with E-state index in [1.165, 1.54) is 11.1 Å². The maximum atomic E-state index is 12.2. The van der Waals surface area contributed by atoms with Gasteiger partial charge in [0.25, 0.3) is 5.91 Å². The van der Waals surface area contributed by atoms with Crippen molar-refractivity contribution in [2.45, 2.75) is 18.9 Å². The van der Waals surface area contributed by atoms with Crippen LogP contribution in [0.3, 0.4) is 0 Å². The highest BCUT2D eigenvalue weighted by Crippen LogP contribution is 2.24. The standard InChI is InChI=1S/C18H18N2OS/c1-20(16-11-14-9-5-6-10-15(14)12-16)18(22)19-17(21)13-7-3-2-4-8-13/h2-10,16H,11-12H2,1H3,(H,19,21,22). The Labute approximate surface area is 136 Å². The molecule has 0 spiro atoms. The van der Waals surface area contributed by atoms with E-state index in [0.29, 0.717) is 16.7 Å². The number of carbonyl (C=O) groups is 1. The lowest BCUT2D eigenvalue weighted by molar-refractivity contribution is 0.0973. The molecule has 0 atom stereocenters. The summed E-state index contributed by atoms with van der Waals surface area (Å²) in [5.74, 6) is -0.159. The van der Waals surface area contributed by atoms with Gasteiger partial charge in [-0.25, -0.2) is 0 Å². The Hall–Kier alpha value is -2.20. The molecule has 2 aromatic rings. The van der Waals surface area contributed by atoms with E-state index in [2.05, 4.69) is 29.6 Å². The highest BCUT2D eigenvalue weighted by atomic mass is 32.1. The van der Waals surface area contributed by atoms with Gasteiger partial charge in [0.15, 0.2) is 5.11 Å². The number of benzene rings is 2. The first-order valence-electron chi connectivity index (χ1n) is 7.35. The molecule has 1 amide bonds. The van der Waals surface area contributed by atoms with Gasteiger partial charge in [-0.2, -0.15) is 0 Å². The minimum atomic E-state index is -0.159. The number of thiocarbonyl (C=S) groups is 1. The fourth-order valence-electron chi connectivity index (χ4n) is 2.82. The van der Waals surface area contributed by atoms with Crippen LogP contribution in [-0.2, 0) is 12.8 Å². The zero-order valence-corrected chi connectivity index (χ0v) is 13.3. The molecule has 0 saturated heterocycles. The predicted molar refractivity (Wildman–Crippen MR) is 91.9 cm³/mol. The van der Waals surface area contributed by atoms with Gasteiger partial charge in [-0.3, -0.25) is 10.1 Å². The second kappa shape index (κ2) is 6.28. The summed E-state index contributed by atoms with van der Waals surface area (Å²) in [5, 5.41) is 3.30. The minimum absolute atomic E-state index is 0.159. The van der Waals surface area contributed by atoms with Gasteiger partial charge in [0.05, 0.1) is 0 Å². The lowest BCUT2D eigenvalue weighted by atomic mass is 10.1. The van der Waals surface area contributed by atoms with Crippen LogP contribution >= 0.6 is 12.2 Å². The van der Waals surface area contributed by atoms with Crippen molar-refractivity contribution < 1.29 is 4.79 Å². The summed E-state index contributed by atoms with van der Waals surface area (Å²) < 4.78 is 0. The van der Waals surface area contributed by atoms with E-state index in [-0.39, 0.29) is 5.91 Å². The fourth-order valence-corrected chi connectivity index (χ4v) is 3.06. The molecule has 0 unspecified atom stereocenters. The average molecular weight is 310 g/mol. The number of hydrogen-bond acceptors (Lipinski definition) is 2. The molecule has 3 rings (SSSR count). The van der Waals surface area contributed by atoms with Crippen molar-refractivity contribution in [2.75, 3.05) is 7.05 Å². The molecule has 0 fully saturated rings. The first-order valence-corrected chi connectivity index (χ1v) is 7.76. The summed E-state index contributed by atoms with van der Waals surface area (Å²) in [6.45, 7) is 0. The summed E-state index contributed by atoms with van der Waals surface area (Å²) in [5.41, 5.74) is 3.36. The molecule has 0 radical (unpaired) electrons. The highest BCUT2D eigenvalue weighted by Gasteiger charge is 2.26. The van der Waals surface area contributed by atoms with E-state index in [4.69, 9.17) is 12.2 Å². The molecule has 3 nitrogen and oxygen atoms in total. The van der Waals surface area contributed by atoms with Gasteiger partial charge in [0.1, 0.15) is 0 Å². The van der Waals surface area contributed by atoms with E-state index in [0.717, 1.165) is 12.8 Å². The van der Waals surface area contributed by atoms with Crippen LogP contribution in [-0.4, -0.2) is 29.0 Å². The van der Waals surface area contributed by atoms with Gasteiger partial charge < -0.3 is 4.90 Å². The highest BCUT2D eigenvalue weighted by molar-refractivity contribution is 7.80. The van der Waals surface area contributed by atoms with Crippen LogP contribution in [0, 0.1) is 0 Å². The molecule has 1 aliphatic rings. The van der Waals surface area contributed by atoms with Gasteiger partial charge in [0.2, 0.25) is 0 Å². The van der Waals surface area contributed by atoms with Crippen LogP contribution in [0.15, 0.2) is 54.6 Å². The monoisotopic (exact) mass is 310 g/mol. The van der Waals surface area contributed by atoms with Gasteiger partial charge in [-0.15, -0.1) is 0 Å². The normalized spacial score (nSPS) is 13.5. The Kier molecular flexibility index (Phi) is 4.20. The largest absolute Gasteiger partial charge is 0.348 e. The second-order valence-electron chi connectivity index (χ2n) is 5.57. The van der Waals surface area contributed by atoms with E-state index < -0.39 is 0 Å². The third kappa shape index (κ3) is 3.02. The summed E-state index contributed by atoms with van der Waals surface area (Å²) >= 11 is 5.39. The third-order valence-corrected chi connectivity index (χ3v) is 4.54. The van der Waals surface area contributed by atoms with Crippen molar-refractivity contribution in [3.63, 3.8) is 0 Å². The van der Waals surface area contributed by atoms with Crippen LogP contribution < -0.4 is 5.32 Å². The lowest BCUT2D eigenvalue weighted by Crippen LogP contribution is -2.46. The first-order chi connectivity index (χ1) is 10.6. The first kappa shape index (κ1) is 14.7. The molecule has 1 N–H and O–H groups in total. The molecule has 0 aromatic heterocycles. The molecule has 2 aromatic carbocycles. The number of rotatable bonds is 2. The molecular weight excluding hydrogens is 292 g/mol. The Balaban J connectivity index is 1.63. The van der Waals surface area contributed by atoms with Crippen molar-refractivity contribution in [3.8, 4) is 0 Å². The molecule has 0 saturated carbocycles. The van der Waals surface area contributed by atoms with Crippen LogP contribution in [0.1, 0.15) is 21.5 Å². The van der Waals surface area contributed by atoms with Crippen molar-refractivity contribution >= 4 is 23.2 Å². The number of fused-ring (bicyclic) bond motifs is 1. The minimum Gasteiger partial charge on any atom is -0.348 e. The Morgan fingerprint density at radius 3 is 2.18 bits per heavy atom. The van der Waals surface area contributed by atoms with Crippen LogP contribution in [0.5, 0.6) is 0 Å². The van der Waals surface area contributed by atoms with E-state index in [1.807, 2.05) is 30.1 Å². The Morgan fingerprint density at radius 1 is 1.05 bits per heavy atom. The van der Waals surface area contributed by atoms with Crippen LogP contribution in [0.25, 0.3) is 0 Å². The summed E-state index contributed by atoms with van der Waals surface area (Å²) in [6, 6.07) is 17.9. The Bertz CT molecular complexity index is 674. The number of nitrogens with zero attached hydrogens (tertiary/aromatic N) is 1. The third-order valence-electron chi connectivity index (χ3n) is 4.15. The topological polar surface area (TPSA) is 32.3 Å². The number of carbonyl (C=O) groups excluding carboxylic acids is 1. The lowest BCUT2D eigenvalue weighted by Gasteiger charge is -2.26. The van der Waals surface area contributed by atoms with Crippen molar-refractivity contribution in [1.82, 2.24) is 10.2 Å². The second-order valence-corrected chi connectivity index (χ2v) is 5.95. The van der Waals surface area contributed by atoms with Gasteiger partial charge in [0, 0.05) is 18.7 Å². The van der Waals surface area contributed by atoms with E-state index in [9.17, 15) is 4.79 Å². The molecule has 112 valence electrons. The quantitative estimate of drug-likeness (QED) is 0.866. The molecule has 22 heavy (non-hydrogen) atoms. The van der Waals surface area contributed by atoms with Gasteiger partial charge >= 0.3 is 0 Å². The zero-order chi connectivity index (χ0) is 15.5.